The number of anilines is 1. The summed E-state index contributed by atoms with van der Waals surface area (Å²) in [6.45, 7) is 0.389. The summed E-state index contributed by atoms with van der Waals surface area (Å²) < 4.78 is 44.8. The Kier molecular flexibility index (Phi) is 4.65. The van der Waals surface area contributed by atoms with Gasteiger partial charge in [-0.05, 0) is 41.0 Å². The minimum atomic E-state index is -4.48. The Balaban J connectivity index is 1.84. The molecule has 0 radical (unpaired) electrons. The van der Waals surface area contributed by atoms with Crippen LogP contribution in [0.4, 0.5) is 18.9 Å². The molecule has 0 aliphatic heterocycles. The minimum Gasteiger partial charge on any atom is -0.489 e. The lowest BCUT2D eigenvalue weighted by atomic mass is 10.0. The fourth-order valence-corrected chi connectivity index (χ4v) is 2.49. The van der Waals surface area contributed by atoms with Gasteiger partial charge in [0.05, 0.1) is 5.56 Å². The van der Waals surface area contributed by atoms with Crippen LogP contribution in [-0.4, -0.2) is 0 Å². The first-order chi connectivity index (χ1) is 11.9. The van der Waals surface area contributed by atoms with Crippen molar-refractivity contribution in [1.82, 2.24) is 0 Å². The van der Waals surface area contributed by atoms with Crippen LogP contribution in [0.1, 0.15) is 11.1 Å². The number of hydrogen-bond donors (Lipinski definition) is 1. The molecule has 0 atom stereocenters. The highest BCUT2D eigenvalue weighted by Crippen LogP contribution is 2.36. The number of halogens is 3. The lowest BCUT2D eigenvalue weighted by Gasteiger charge is -2.13. The normalized spacial score (nSPS) is 11.3. The van der Waals surface area contributed by atoms with Crippen LogP contribution in [0.2, 0.25) is 0 Å². The van der Waals surface area contributed by atoms with Crippen molar-refractivity contribution in [2.45, 2.75) is 12.8 Å². The van der Waals surface area contributed by atoms with Crippen molar-refractivity contribution in [2.75, 3.05) is 5.73 Å². The molecule has 0 amide bonds. The summed E-state index contributed by atoms with van der Waals surface area (Å²) in [5.41, 5.74) is 6.42. The van der Waals surface area contributed by atoms with Gasteiger partial charge in [0.15, 0.2) is 0 Å². The van der Waals surface area contributed by atoms with Gasteiger partial charge in [0, 0.05) is 5.69 Å². The van der Waals surface area contributed by atoms with Gasteiger partial charge < -0.3 is 10.5 Å². The first-order valence-electron chi connectivity index (χ1n) is 7.67. The van der Waals surface area contributed by atoms with E-state index in [1.165, 1.54) is 6.07 Å². The molecule has 3 rings (SSSR count). The quantitative estimate of drug-likeness (QED) is 0.632. The summed E-state index contributed by atoms with van der Waals surface area (Å²) in [4.78, 5) is 0. The van der Waals surface area contributed by atoms with Crippen LogP contribution in [0.3, 0.4) is 0 Å². The lowest BCUT2D eigenvalue weighted by Crippen LogP contribution is -2.08. The van der Waals surface area contributed by atoms with E-state index in [1.807, 2.05) is 30.3 Å². The molecule has 0 aliphatic rings. The summed E-state index contributed by atoms with van der Waals surface area (Å²) in [7, 11) is 0. The molecule has 2 N–H and O–H groups in total. The van der Waals surface area contributed by atoms with Gasteiger partial charge in [0.2, 0.25) is 0 Å². The van der Waals surface area contributed by atoms with Gasteiger partial charge in [-0.15, -0.1) is 0 Å². The fraction of sp³-hybridized carbons (Fsp3) is 0.100. The number of ether oxygens (including phenoxy) is 1. The van der Waals surface area contributed by atoms with E-state index in [-0.39, 0.29) is 5.69 Å². The zero-order valence-corrected chi connectivity index (χ0v) is 13.3. The molecule has 2 nitrogen and oxygen atoms in total. The van der Waals surface area contributed by atoms with Crippen LogP contribution < -0.4 is 10.5 Å². The second-order valence-corrected chi connectivity index (χ2v) is 5.60. The van der Waals surface area contributed by atoms with E-state index in [4.69, 9.17) is 10.5 Å². The zero-order chi connectivity index (χ0) is 17.9. The van der Waals surface area contributed by atoms with Crippen LogP contribution in [0.5, 0.6) is 5.75 Å². The highest BCUT2D eigenvalue weighted by molar-refractivity contribution is 5.69. The van der Waals surface area contributed by atoms with Crippen molar-refractivity contribution in [3.63, 3.8) is 0 Å². The molecule has 0 fully saturated rings. The van der Waals surface area contributed by atoms with Crippen LogP contribution >= 0.6 is 0 Å². The van der Waals surface area contributed by atoms with Crippen molar-refractivity contribution in [2.24, 2.45) is 0 Å². The van der Waals surface area contributed by atoms with Crippen molar-refractivity contribution in [1.29, 1.82) is 0 Å². The van der Waals surface area contributed by atoms with E-state index < -0.39 is 11.7 Å². The highest BCUT2D eigenvalue weighted by Gasteiger charge is 2.33. The number of benzene rings is 3. The minimum absolute atomic E-state index is 0.285. The van der Waals surface area contributed by atoms with Crippen molar-refractivity contribution in [3.8, 4) is 16.9 Å². The molecule has 0 saturated heterocycles. The Labute approximate surface area is 143 Å². The average Bonchev–Trinajstić information content (AvgIpc) is 2.60. The van der Waals surface area contributed by atoms with Gasteiger partial charge in [0.1, 0.15) is 12.4 Å². The Hall–Kier alpha value is -2.95. The van der Waals surface area contributed by atoms with Gasteiger partial charge in [0.25, 0.3) is 0 Å². The molecular weight excluding hydrogens is 327 g/mol. The third-order valence-electron chi connectivity index (χ3n) is 3.77. The number of nitrogen functional groups attached to an aromatic ring is 1. The molecule has 0 bridgehead atoms. The average molecular weight is 343 g/mol. The monoisotopic (exact) mass is 343 g/mol. The standard InChI is InChI=1S/C20H16F3NO/c21-20(22,23)18-12-16(9-10-19(18)24)15-7-4-8-17(11-15)25-13-14-5-2-1-3-6-14/h1-12H,13,24H2. The van der Waals surface area contributed by atoms with E-state index in [1.54, 1.807) is 30.3 Å². The number of nitrogens with two attached hydrogens (primary N) is 1. The van der Waals surface area contributed by atoms with Crippen LogP contribution in [0, 0.1) is 0 Å². The fourth-order valence-electron chi connectivity index (χ4n) is 2.49. The van der Waals surface area contributed by atoms with Gasteiger partial charge in [-0.25, -0.2) is 0 Å². The second kappa shape index (κ2) is 6.89. The van der Waals surface area contributed by atoms with Gasteiger partial charge in [-0.1, -0.05) is 48.5 Å². The molecule has 3 aromatic carbocycles. The van der Waals surface area contributed by atoms with E-state index in [2.05, 4.69) is 0 Å². The number of rotatable bonds is 4. The molecule has 128 valence electrons. The van der Waals surface area contributed by atoms with E-state index >= 15 is 0 Å². The summed E-state index contributed by atoms with van der Waals surface area (Å²) in [6.07, 6.45) is -4.48. The molecule has 25 heavy (non-hydrogen) atoms. The molecule has 0 saturated carbocycles. The summed E-state index contributed by atoms with van der Waals surface area (Å²) in [5.74, 6) is 0.590. The van der Waals surface area contributed by atoms with Gasteiger partial charge in [-0.3, -0.25) is 0 Å². The predicted octanol–water partition coefficient (Wildman–Crippen LogP) is 5.53. The second-order valence-electron chi connectivity index (χ2n) is 5.60. The molecule has 0 heterocycles. The summed E-state index contributed by atoms with van der Waals surface area (Å²) >= 11 is 0. The van der Waals surface area contributed by atoms with E-state index in [9.17, 15) is 13.2 Å². The van der Waals surface area contributed by atoms with Crippen LogP contribution in [0.15, 0.2) is 72.8 Å². The maximum absolute atomic E-state index is 13.0. The third kappa shape index (κ3) is 4.12. The SMILES string of the molecule is Nc1ccc(-c2cccc(OCc3ccccc3)c2)cc1C(F)(F)F. The Bertz CT molecular complexity index is 860. The molecule has 0 spiro atoms. The van der Waals surface area contributed by atoms with Crippen LogP contribution in [-0.2, 0) is 12.8 Å². The largest absolute Gasteiger partial charge is 0.489 e. The maximum atomic E-state index is 13.0. The highest BCUT2D eigenvalue weighted by atomic mass is 19.4. The van der Waals surface area contributed by atoms with Crippen molar-refractivity contribution in [3.05, 3.63) is 83.9 Å². The van der Waals surface area contributed by atoms with E-state index in [0.717, 1.165) is 11.6 Å². The lowest BCUT2D eigenvalue weighted by molar-refractivity contribution is -0.136. The first kappa shape index (κ1) is 16.9. The predicted molar refractivity (Wildman–Crippen MR) is 92.1 cm³/mol. The number of hydrogen-bond acceptors (Lipinski definition) is 2. The van der Waals surface area contributed by atoms with Gasteiger partial charge in [-0.2, -0.15) is 13.2 Å². The zero-order valence-electron chi connectivity index (χ0n) is 13.3. The Morgan fingerprint density at radius 1 is 0.800 bits per heavy atom. The smallest absolute Gasteiger partial charge is 0.418 e. The first-order valence-corrected chi connectivity index (χ1v) is 7.67. The van der Waals surface area contributed by atoms with Crippen molar-refractivity contribution < 1.29 is 17.9 Å². The molecular formula is C20H16F3NO. The third-order valence-corrected chi connectivity index (χ3v) is 3.77. The molecule has 0 aromatic heterocycles. The molecule has 0 unspecified atom stereocenters. The van der Waals surface area contributed by atoms with Crippen molar-refractivity contribution >= 4 is 5.69 Å². The molecule has 5 heteroatoms. The topological polar surface area (TPSA) is 35.2 Å². The molecule has 3 aromatic rings. The number of alkyl halides is 3. The molecule has 0 aliphatic carbocycles. The van der Waals surface area contributed by atoms with E-state index in [0.29, 0.717) is 23.5 Å². The Morgan fingerprint density at radius 2 is 1.52 bits per heavy atom. The summed E-state index contributed by atoms with van der Waals surface area (Å²) in [6, 6.07) is 20.5. The van der Waals surface area contributed by atoms with Crippen LogP contribution in [0.25, 0.3) is 11.1 Å². The van der Waals surface area contributed by atoms with Gasteiger partial charge >= 0.3 is 6.18 Å². The Morgan fingerprint density at radius 3 is 2.24 bits per heavy atom. The maximum Gasteiger partial charge on any atom is 0.418 e. The summed E-state index contributed by atoms with van der Waals surface area (Å²) in [5, 5.41) is 0.